The highest BCUT2D eigenvalue weighted by atomic mass is 32.2. The Morgan fingerprint density at radius 2 is 1.58 bits per heavy atom. The van der Waals surface area contributed by atoms with Gasteiger partial charge in [0.25, 0.3) is 5.91 Å². The molecule has 0 aliphatic rings. The lowest BCUT2D eigenvalue weighted by molar-refractivity contribution is 0.102. The number of carbonyl (C=O) groups is 1. The van der Waals surface area contributed by atoms with Gasteiger partial charge in [-0.1, -0.05) is 29.5 Å². The summed E-state index contributed by atoms with van der Waals surface area (Å²) in [6, 6.07) is 17.3. The van der Waals surface area contributed by atoms with Crippen molar-refractivity contribution < 1.29 is 27.4 Å². The van der Waals surface area contributed by atoms with E-state index < -0.39 is 9.84 Å². The SMILES string of the molecule is COc1cc(-c2cc(C(=O)Nc3nc4ccc(S(C)(=O)=O)cc4s3)c3ccccc3n2)cc(OC)c1OC. The number of pyridine rings is 1. The number of amides is 1. The van der Waals surface area contributed by atoms with Crippen LogP contribution < -0.4 is 19.5 Å². The minimum Gasteiger partial charge on any atom is -0.493 e. The van der Waals surface area contributed by atoms with E-state index in [0.29, 0.717) is 60.3 Å². The normalized spacial score (nSPS) is 11.5. The van der Waals surface area contributed by atoms with E-state index in [2.05, 4.69) is 10.3 Å². The zero-order valence-corrected chi connectivity index (χ0v) is 22.6. The highest BCUT2D eigenvalue weighted by Crippen LogP contribution is 2.41. The zero-order chi connectivity index (χ0) is 27.0. The minimum absolute atomic E-state index is 0.196. The molecular formula is C27H23N3O6S2. The van der Waals surface area contributed by atoms with Crippen LogP contribution in [0.1, 0.15) is 10.4 Å². The van der Waals surface area contributed by atoms with Gasteiger partial charge in [-0.2, -0.15) is 0 Å². The quantitative estimate of drug-likeness (QED) is 0.295. The third-order valence-electron chi connectivity index (χ3n) is 5.93. The van der Waals surface area contributed by atoms with Crippen LogP contribution in [-0.2, 0) is 9.84 Å². The van der Waals surface area contributed by atoms with E-state index in [1.165, 1.54) is 38.7 Å². The van der Waals surface area contributed by atoms with Gasteiger partial charge in [0.05, 0.1) is 53.2 Å². The molecule has 0 spiro atoms. The molecule has 5 aromatic rings. The molecular weight excluding hydrogens is 526 g/mol. The fourth-order valence-corrected chi connectivity index (χ4v) is 5.72. The van der Waals surface area contributed by atoms with Crippen molar-refractivity contribution >= 4 is 53.3 Å². The first kappa shape index (κ1) is 25.4. The van der Waals surface area contributed by atoms with Crippen LogP contribution in [0.25, 0.3) is 32.4 Å². The van der Waals surface area contributed by atoms with Gasteiger partial charge in [0.1, 0.15) is 0 Å². The number of sulfone groups is 1. The van der Waals surface area contributed by atoms with Gasteiger partial charge >= 0.3 is 0 Å². The Morgan fingerprint density at radius 1 is 0.868 bits per heavy atom. The molecule has 11 heteroatoms. The number of thiazole rings is 1. The van der Waals surface area contributed by atoms with E-state index in [9.17, 15) is 13.2 Å². The van der Waals surface area contributed by atoms with Crippen molar-refractivity contribution in [3.63, 3.8) is 0 Å². The number of rotatable bonds is 7. The van der Waals surface area contributed by atoms with E-state index in [1.807, 2.05) is 24.3 Å². The molecule has 0 aliphatic heterocycles. The number of nitrogens with zero attached hydrogens (tertiary/aromatic N) is 2. The minimum atomic E-state index is -3.36. The Kier molecular flexibility index (Phi) is 6.64. The van der Waals surface area contributed by atoms with E-state index >= 15 is 0 Å². The molecule has 0 saturated heterocycles. The molecule has 3 aromatic carbocycles. The Morgan fingerprint density at radius 3 is 2.24 bits per heavy atom. The number of methoxy groups -OCH3 is 3. The van der Waals surface area contributed by atoms with Gasteiger partial charge in [-0.3, -0.25) is 10.1 Å². The van der Waals surface area contributed by atoms with Gasteiger partial charge < -0.3 is 14.2 Å². The van der Waals surface area contributed by atoms with Crippen molar-refractivity contribution in [1.29, 1.82) is 0 Å². The van der Waals surface area contributed by atoms with Crippen molar-refractivity contribution in [2.45, 2.75) is 4.90 Å². The number of para-hydroxylation sites is 1. The smallest absolute Gasteiger partial charge is 0.258 e. The molecule has 1 amide bonds. The molecule has 1 N–H and O–H groups in total. The first-order valence-electron chi connectivity index (χ1n) is 11.3. The molecule has 5 rings (SSSR count). The molecule has 0 unspecified atom stereocenters. The Bertz CT molecular complexity index is 1790. The molecule has 0 atom stereocenters. The summed E-state index contributed by atoms with van der Waals surface area (Å²) in [6.45, 7) is 0. The molecule has 0 bridgehead atoms. The van der Waals surface area contributed by atoms with Gasteiger partial charge in [-0.05, 0) is 42.5 Å². The molecule has 9 nitrogen and oxygen atoms in total. The average molecular weight is 550 g/mol. The fraction of sp³-hybridized carbons (Fsp3) is 0.148. The predicted octanol–water partition coefficient (Wildman–Crippen LogP) is 5.19. The second-order valence-electron chi connectivity index (χ2n) is 8.36. The van der Waals surface area contributed by atoms with Crippen LogP contribution in [0.5, 0.6) is 17.2 Å². The number of benzene rings is 3. The largest absolute Gasteiger partial charge is 0.493 e. The van der Waals surface area contributed by atoms with Crippen molar-refractivity contribution in [1.82, 2.24) is 9.97 Å². The maximum absolute atomic E-state index is 13.5. The number of nitrogens with one attached hydrogen (secondary N) is 1. The van der Waals surface area contributed by atoms with E-state index in [1.54, 1.807) is 30.3 Å². The Balaban J connectivity index is 1.58. The number of anilines is 1. The predicted molar refractivity (Wildman–Crippen MR) is 148 cm³/mol. The van der Waals surface area contributed by atoms with E-state index in [4.69, 9.17) is 19.2 Å². The number of aromatic nitrogens is 2. The van der Waals surface area contributed by atoms with Gasteiger partial charge in [-0.15, -0.1) is 0 Å². The summed E-state index contributed by atoms with van der Waals surface area (Å²) in [5.41, 5.74) is 2.83. The molecule has 194 valence electrons. The third-order valence-corrected chi connectivity index (χ3v) is 7.97. The van der Waals surface area contributed by atoms with Crippen molar-refractivity contribution in [3.05, 3.63) is 66.2 Å². The standard InChI is InChI=1S/C27H23N3O6S2/c1-34-22-11-15(12-23(35-2)25(22)36-3)21-14-18(17-7-5-6-8-19(17)28-21)26(31)30-27-29-20-10-9-16(38(4,32)33)13-24(20)37-27/h5-14H,1-4H3,(H,29,30,31). The molecule has 0 fully saturated rings. The second kappa shape index (κ2) is 9.92. The highest BCUT2D eigenvalue weighted by Gasteiger charge is 2.19. The molecule has 0 aliphatic carbocycles. The van der Waals surface area contributed by atoms with E-state index in [0.717, 1.165) is 6.26 Å². The number of fused-ring (bicyclic) bond motifs is 2. The van der Waals surface area contributed by atoms with Crippen molar-refractivity contribution in [2.24, 2.45) is 0 Å². The van der Waals surface area contributed by atoms with Crippen LogP contribution >= 0.6 is 11.3 Å². The summed E-state index contributed by atoms with van der Waals surface area (Å²) in [5, 5.41) is 3.88. The third kappa shape index (κ3) is 4.73. The lowest BCUT2D eigenvalue weighted by atomic mass is 10.0. The molecule has 2 heterocycles. The summed E-state index contributed by atoms with van der Waals surface area (Å²) in [7, 11) is 1.23. The first-order chi connectivity index (χ1) is 18.2. The first-order valence-corrected chi connectivity index (χ1v) is 14.0. The maximum Gasteiger partial charge on any atom is 0.258 e. The molecule has 0 radical (unpaired) electrons. The Hall–Kier alpha value is -4.22. The molecule has 38 heavy (non-hydrogen) atoms. The number of carbonyl (C=O) groups excluding carboxylic acids is 1. The summed E-state index contributed by atoms with van der Waals surface area (Å²) >= 11 is 1.20. The lowest BCUT2D eigenvalue weighted by Gasteiger charge is -2.15. The van der Waals surface area contributed by atoms with Gasteiger partial charge in [-0.25, -0.2) is 18.4 Å². The van der Waals surface area contributed by atoms with E-state index in [-0.39, 0.29) is 10.8 Å². The van der Waals surface area contributed by atoms with Crippen molar-refractivity contribution in [3.8, 4) is 28.5 Å². The summed E-state index contributed by atoms with van der Waals surface area (Å²) in [5.74, 6) is 1.00. The van der Waals surface area contributed by atoms with Gasteiger partial charge in [0, 0.05) is 17.2 Å². The van der Waals surface area contributed by atoms with Crippen LogP contribution in [0.3, 0.4) is 0 Å². The van der Waals surface area contributed by atoms with Crippen LogP contribution in [0.2, 0.25) is 0 Å². The molecule has 2 aromatic heterocycles. The highest BCUT2D eigenvalue weighted by molar-refractivity contribution is 7.90. The van der Waals surface area contributed by atoms with Crippen LogP contribution in [0, 0.1) is 0 Å². The number of hydrogen-bond donors (Lipinski definition) is 1. The van der Waals surface area contributed by atoms with Crippen LogP contribution in [0.4, 0.5) is 5.13 Å². The molecule has 0 saturated carbocycles. The van der Waals surface area contributed by atoms with Crippen LogP contribution in [0.15, 0.2) is 65.6 Å². The number of ether oxygens (including phenoxy) is 3. The van der Waals surface area contributed by atoms with Crippen LogP contribution in [-0.4, -0.2) is 51.9 Å². The second-order valence-corrected chi connectivity index (χ2v) is 11.4. The monoisotopic (exact) mass is 549 g/mol. The number of hydrogen-bond acceptors (Lipinski definition) is 9. The average Bonchev–Trinajstić information content (AvgIpc) is 3.32. The van der Waals surface area contributed by atoms with Crippen molar-refractivity contribution in [2.75, 3.05) is 32.9 Å². The fourth-order valence-electron chi connectivity index (χ4n) is 4.09. The topological polar surface area (TPSA) is 117 Å². The summed E-state index contributed by atoms with van der Waals surface area (Å²) < 4.78 is 40.9. The van der Waals surface area contributed by atoms with Gasteiger partial charge in [0.15, 0.2) is 26.5 Å². The summed E-state index contributed by atoms with van der Waals surface area (Å²) in [6.07, 6.45) is 1.15. The van der Waals surface area contributed by atoms with Gasteiger partial charge in [0.2, 0.25) is 5.75 Å². The summed E-state index contributed by atoms with van der Waals surface area (Å²) in [4.78, 5) is 22.9. The maximum atomic E-state index is 13.5. The zero-order valence-electron chi connectivity index (χ0n) is 20.9. The lowest BCUT2D eigenvalue weighted by Crippen LogP contribution is -2.13. The Labute approximate surface area is 222 Å².